The largest absolute Gasteiger partial charge is 0.386 e. The van der Waals surface area contributed by atoms with Gasteiger partial charge in [0.15, 0.2) is 0 Å². The normalized spacial score (nSPS) is 16.8. The number of piperidine rings is 1. The second-order valence-electron chi connectivity index (χ2n) is 6.59. The van der Waals surface area contributed by atoms with Crippen LogP contribution in [0, 0.1) is 12.7 Å². The molecule has 0 spiro atoms. The Morgan fingerprint density at radius 2 is 2.08 bits per heavy atom. The maximum absolute atomic E-state index is 13.2. The highest BCUT2D eigenvalue weighted by molar-refractivity contribution is 5.53. The van der Waals surface area contributed by atoms with Crippen LogP contribution in [0.15, 0.2) is 41.2 Å². The number of rotatable bonds is 5. The number of hydrogen-bond donors (Lipinski definition) is 3. The van der Waals surface area contributed by atoms with Crippen molar-refractivity contribution in [2.45, 2.75) is 31.9 Å². The molecule has 25 heavy (non-hydrogen) atoms. The van der Waals surface area contributed by atoms with Crippen molar-refractivity contribution in [3.05, 3.63) is 63.8 Å². The number of nitrogens with one attached hydrogen (secondary N) is 2. The van der Waals surface area contributed by atoms with Crippen LogP contribution in [0.5, 0.6) is 0 Å². The number of pyridine rings is 1. The third kappa shape index (κ3) is 4.46. The minimum atomic E-state index is -0.730. The molecule has 6 heteroatoms. The molecule has 1 aromatic carbocycles. The number of nitrogens with zero attached hydrogens (tertiary/aromatic N) is 1. The molecule has 1 fully saturated rings. The van der Waals surface area contributed by atoms with E-state index in [1.54, 1.807) is 18.2 Å². The smallest absolute Gasteiger partial charge is 0.248 e. The summed E-state index contributed by atoms with van der Waals surface area (Å²) >= 11 is 0. The number of anilines is 1. The molecule has 3 rings (SSSR count). The predicted octanol–water partition coefficient (Wildman–Crippen LogP) is 2.11. The molecular formula is C19H24FN3O2. The number of aliphatic hydroxyl groups is 1. The lowest BCUT2D eigenvalue weighted by molar-refractivity contribution is 0.162. The Hall–Kier alpha value is -2.18. The third-order valence-electron chi connectivity index (χ3n) is 4.74. The van der Waals surface area contributed by atoms with Crippen LogP contribution < -0.4 is 15.8 Å². The number of halogens is 1. The Bertz CT molecular complexity index is 769. The van der Waals surface area contributed by atoms with Crippen molar-refractivity contribution in [1.82, 2.24) is 10.3 Å². The van der Waals surface area contributed by atoms with Gasteiger partial charge >= 0.3 is 0 Å². The highest BCUT2D eigenvalue weighted by Gasteiger charge is 2.21. The SMILES string of the molecule is Cc1cc(F)ccc1N1CCC(NCC(O)c2cccc(=O)[nH]2)CC1. The van der Waals surface area contributed by atoms with Crippen molar-refractivity contribution in [1.29, 1.82) is 0 Å². The van der Waals surface area contributed by atoms with Gasteiger partial charge in [0.05, 0.1) is 0 Å². The number of aliphatic hydroxyl groups excluding tert-OH is 1. The van der Waals surface area contributed by atoms with E-state index in [1.165, 1.54) is 12.1 Å². The second kappa shape index (κ2) is 7.80. The minimum Gasteiger partial charge on any atom is -0.386 e. The van der Waals surface area contributed by atoms with Crippen LogP contribution in [0.25, 0.3) is 0 Å². The van der Waals surface area contributed by atoms with Gasteiger partial charge < -0.3 is 20.3 Å². The van der Waals surface area contributed by atoms with E-state index in [2.05, 4.69) is 15.2 Å². The summed E-state index contributed by atoms with van der Waals surface area (Å²) in [6.45, 7) is 4.12. The molecular weight excluding hydrogens is 321 g/mol. The van der Waals surface area contributed by atoms with Crippen molar-refractivity contribution in [2.75, 3.05) is 24.5 Å². The van der Waals surface area contributed by atoms with Crippen molar-refractivity contribution in [3.63, 3.8) is 0 Å². The van der Waals surface area contributed by atoms with Crippen LogP contribution in [0.1, 0.15) is 30.2 Å². The van der Waals surface area contributed by atoms with E-state index < -0.39 is 6.10 Å². The van der Waals surface area contributed by atoms with Crippen LogP contribution in [-0.2, 0) is 0 Å². The molecule has 0 saturated carbocycles. The van der Waals surface area contributed by atoms with Crippen LogP contribution in [0.2, 0.25) is 0 Å². The van der Waals surface area contributed by atoms with Gasteiger partial charge in [0.25, 0.3) is 0 Å². The van der Waals surface area contributed by atoms with E-state index in [-0.39, 0.29) is 11.4 Å². The standard InChI is InChI=1S/C19H24FN3O2/c1-13-11-14(20)5-6-17(13)23-9-7-15(8-10-23)21-12-18(24)16-3-2-4-19(25)22-16/h2-6,11,15,18,21,24H,7-10,12H2,1H3,(H,22,25). The van der Waals surface area contributed by atoms with E-state index >= 15 is 0 Å². The van der Waals surface area contributed by atoms with Crippen molar-refractivity contribution in [3.8, 4) is 0 Å². The molecule has 1 atom stereocenters. The average molecular weight is 345 g/mol. The van der Waals surface area contributed by atoms with Gasteiger partial charge in [0, 0.05) is 43.1 Å². The van der Waals surface area contributed by atoms with E-state index in [4.69, 9.17) is 0 Å². The second-order valence-corrected chi connectivity index (χ2v) is 6.59. The van der Waals surface area contributed by atoms with Crippen LogP contribution in [-0.4, -0.2) is 35.8 Å². The molecule has 0 radical (unpaired) electrons. The first-order chi connectivity index (χ1) is 12.0. The topological polar surface area (TPSA) is 68.4 Å². The summed E-state index contributed by atoms with van der Waals surface area (Å²) in [5, 5.41) is 13.6. The van der Waals surface area contributed by atoms with Gasteiger partial charge in [-0.1, -0.05) is 6.07 Å². The van der Waals surface area contributed by atoms with E-state index in [0.717, 1.165) is 37.2 Å². The Morgan fingerprint density at radius 3 is 2.76 bits per heavy atom. The first kappa shape index (κ1) is 17.6. The lowest BCUT2D eigenvalue weighted by atomic mass is 10.0. The Balaban J connectivity index is 1.50. The zero-order chi connectivity index (χ0) is 17.8. The van der Waals surface area contributed by atoms with Crippen molar-refractivity contribution in [2.24, 2.45) is 0 Å². The van der Waals surface area contributed by atoms with Crippen LogP contribution in [0.3, 0.4) is 0 Å². The quantitative estimate of drug-likeness (QED) is 0.776. The third-order valence-corrected chi connectivity index (χ3v) is 4.74. The number of benzene rings is 1. The Morgan fingerprint density at radius 1 is 1.32 bits per heavy atom. The van der Waals surface area contributed by atoms with Gasteiger partial charge in [-0.05, 0) is 49.6 Å². The van der Waals surface area contributed by atoms with Crippen molar-refractivity contribution >= 4 is 5.69 Å². The molecule has 3 N–H and O–H groups in total. The maximum Gasteiger partial charge on any atom is 0.248 e. The van der Waals surface area contributed by atoms with Crippen LogP contribution in [0.4, 0.5) is 10.1 Å². The monoisotopic (exact) mass is 345 g/mol. The summed E-state index contributed by atoms with van der Waals surface area (Å²) in [6, 6.07) is 10.0. The molecule has 1 aromatic heterocycles. The summed E-state index contributed by atoms with van der Waals surface area (Å²) in [5.74, 6) is -0.203. The fourth-order valence-electron chi connectivity index (χ4n) is 3.35. The van der Waals surface area contributed by atoms with E-state index in [0.29, 0.717) is 18.3 Å². The number of aryl methyl sites for hydroxylation is 1. The van der Waals surface area contributed by atoms with Crippen molar-refractivity contribution < 1.29 is 9.50 Å². The predicted molar refractivity (Wildman–Crippen MR) is 96.4 cm³/mol. The van der Waals surface area contributed by atoms with Gasteiger partial charge in [-0.25, -0.2) is 4.39 Å². The van der Waals surface area contributed by atoms with Gasteiger partial charge in [0.2, 0.25) is 5.56 Å². The fraction of sp³-hybridized carbons (Fsp3) is 0.421. The molecule has 1 saturated heterocycles. The molecule has 1 aliphatic rings. The van der Waals surface area contributed by atoms with E-state index in [1.807, 2.05) is 13.0 Å². The number of aromatic amines is 1. The minimum absolute atomic E-state index is 0.203. The summed E-state index contributed by atoms with van der Waals surface area (Å²) < 4.78 is 13.2. The Labute approximate surface area is 146 Å². The van der Waals surface area contributed by atoms with E-state index in [9.17, 15) is 14.3 Å². The zero-order valence-electron chi connectivity index (χ0n) is 14.3. The van der Waals surface area contributed by atoms with Gasteiger partial charge in [-0.15, -0.1) is 0 Å². The molecule has 0 bridgehead atoms. The maximum atomic E-state index is 13.2. The first-order valence-electron chi connectivity index (χ1n) is 8.65. The number of H-pyrrole nitrogens is 1. The summed E-state index contributed by atoms with van der Waals surface area (Å²) in [5.41, 5.74) is 2.36. The molecule has 5 nitrogen and oxygen atoms in total. The number of hydrogen-bond acceptors (Lipinski definition) is 4. The van der Waals surface area contributed by atoms with Gasteiger partial charge in [-0.2, -0.15) is 0 Å². The summed E-state index contributed by atoms with van der Waals surface area (Å²) in [6.07, 6.45) is 1.18. The molecule has 134 valence electrons. The molecule has 0 amide bonds. The van der Waals surface area contributed by atoms with Gasteiger partial charge in [-0.3, -0.25) is 4.79 Å². The fourth-order valence-corrected chi connectivity index (χ4v) is 3.35. The highest BCUT2D eigenvalue weighted by Crippen LogP contribution is 2.24. The summed E-state index contributed by atoms with van der Waals surface area (Å²) in [4.78, 5) is 16.2. The lowest BCUT2D eigenvalue weighted by Crippen LogP contribution is -2.44. The molecule has 2 aromatic rings. The molecule has 1 aliphatic heterocycles. The Kier molecular flexibility index (Phi) is 5.50. The van der Waals surface area contributed by atoms with Crippen LogP contribution >= 0.6 is 0 Å². The van der Waals surface area contributed by atoms with Gasteiger partial charge in [0.1, 0.15) is 11.9 Å². The average Bonchev–Trinajstić information content (AvgIpc) is 2.60. The lowest BCUT2D eigenvalue weighted by Gasteiger charge is -2.35. The summed E-state index contributed by atoms with van der Waals surface area (Å²) in [7, 11) is 0. The molecule has 1 unspecified atom stereocenters. The molecule has 0 aliphatic carbocycles. The highest BCUT2D eigenvalue weighted by atomic mass is 19.1. The zero-order valence-corrected chi connectivity index (χ0v) is 14.3. The number of aromatic nitrogens is 1. The molecule has 2 heterocycles. The first-order valence-corrected chi connectivity index (χ1v) is 8.65.